The number of carbonyl (C=O) groups is 2. The molecule has 0 aliphatic carbocycles. The van der Waals surface area contributed by atoms with E-state index in [1.165, 1.54) is 24.1 Å². The average molecular weight is 571 g/mol. The molecule has 0 atom stereocenters. The van der Waals surface area contributed by atoms with Gasteiger partial charge in [-0.1, -0.05) is 6.07 Å². The zero-order chi connectivity index (χ0) is 29.8. The number of hydrogen-bond acceptors (Lipinski definition) is 8. The molecule has 3 N–H and O–H groups in total. The number of halogens is 1. The van der Waals surface area contributed by atoms with Gasteiger partial charge in [-0.05, 0) is 48.5 Å². The standard InChI is InChI=1S/C29H27FN8O4/c1-36(29(40)41)12-13-42-24-4-3-11-32-22(24)15-38(17-39)28-27(31)34-25(18-5-8-20(30)9-6-18)26(35-28)19-7-10-21-23(14-19)37(2)16-33-21/h3-11,14,16-17H,12-13,15H2,1-2H3,(H2,31,34)(H,40,41). The second kappa shape index (κ2) is 11.9. The van der Waals surface area contributed by atoms with E-state index in [0.29, 0.717) is 40.4 Å². The number of aryl methyl sites for hydroxylation is 1. The lowest BCUT2D eigenvalue weighted by Crippen LogP contribution is -2.29. The monoisotopic (exact) mass is 570 g/mol. The van der Waals surface area contributed by atoms with Crippen molar-refractivity contribution in [2.45, 2.75) is 6.54 Å². The van der Waals surface area contributed by atoms with Crippen LogP contribution in [-0.2, 0) is 18.4 Å². The molecule has 42 heavy (non-hydrogen) atoms. The first kappa shape index (κ1) is 28.0. The van der Waals surface area contributed by atoms with E-state index in [1.807, 2.05) is 29.8 Å². The predicted molar refractivity (Wildman–Crippen MR) is 154 cm³/mol. The van der Waals surface area contributed by atoms with Crippen molar-refractivity contribution in [3.63, 3.8) is 0 Å². The van der Waals surface area contributed by atoms with Crippen LogP contribution in [-0.4, -0.2) is 67.2 Å². The Morgan fingerprint density at radius 1 is 1.10 bits per heavy atom. The Kier molecular flexibility index (Phi) is 7.91. The fourth-order valence-corrected chi connectivity index (χ4v) is 4.32. The summed E-state index contributed by atoms with van der Waals surface area (Å²) in [6.07, 6.45) is 2.75. The molecule has 0 aliphatic rings. The van der Waals surface area contributed by atoms with E-state index in [1.54, 1.807) is 36.8 Å². The van der Waals surface area contributed by atoms with E-state index in [4.69, 9.17) is 20.6 Å². The number of rotatable bonds is 10. The van der Waals surface area contributed by atoms with Crippen molar-refractivity contribution in [2.75, 3.05) is 30.8 Å². The molecule has 0 aliphatic heterocycles. The summed E-state index contributed by atoms with van der Waals surface area (Å²) >= 11 is 0. The van der Waals surface area contributed by atoms with Gasteiger partial charge in [-0.2, -0.15) is 0 Å². The van der Waals surface area contributed by atoms with Crippen molar-refractivity contribution in [3.05, 3.63) is 78.6 Å². The smallest absolute Gasteiger partial charge is 0.407 e. The molecule has 2 aromatic carbocycles. The van der Waals surface area contributed by atoms with Crippen LogP contribution in [0.25, 0.3) is 33.5 Å². The quantitative estimate of drug-likeness (QED) is 0.238. The number of imidazole rings is 1. The number of amides is 2. The van der Waals surface area contributed by atoms with Crippen LogP contribution in [0.2, 0.25) is 0 Å². The first-order chi connectivity index (χ1) is 20.2. The molecular formula is C29H27FN8O4. The number of ether oxygens (including phenoxy) is 1. The largest absolute Gasteiger partial charge is 0.490 e. The van der Waals surface area contributed by atoms with Crippen LogP contribution in [0.3, 0.4) is 0 Å². The Balaban J connectivity index is 1.54. The number of carboxylic acid groups (broad SMARTS) is 1. The minimum absolute atomic E-state index is 0.0201. The second-order valence-corrected chi connectivity index (χ2v) is 9.43. The van der Waals surface area contributed by atoms with E-state index in [9.17, 15) is 14.0 Å². The number of pyridine rings is 1. The third-order valence-corrected chi connectivity index (χ3v) is 6.60. The van der Waals surface area contributed by atoms with E-state index in [-0.39, 0.29) is 31.3 Å². The van der Waals surface area contributed by atoms with Crippen LogP contribution < -0.4 is 15.4 Å². The number of benzene rings is 2. The Hall–Kier alpha value is -5.59. The summed E-state index contributed by atoms with van der Waals surface area (Å²) < 4.78 is 21.4. The first-order valence-corrected chi connectivity index (χ1v) is 12.8. The molecule has 214 valence electrons. The Morgan fingerprint density at radius 2 is 1.83 bits per heavy atom. The topological polar surface area (TPSA) is 153 Å². The van der Waals surface area contributed by atoms with Gasteiger partial charge < -0.3 is 25.0 Å². The minimum atomic E-state index is -1.08. The molecule has 2 amide bonds. The van der Waals surface area contributed by atoms with Gasteiger partial charge in [0, 0.05) is 31.4 Å². The molecule has 0 unspecified atom stereocenters. The van der Waals surface area contributed by atoms with Gasteiger partial charge in [-0.25, -0.2) is 24.1 Å². The number of aromatic nitrogens is 5. The molecule has 13 heteroatoms. The average Bonchev–Trinajstić information content (AvgIpc) is 3.36. The fourth-order valence-electron chi connectivity index (χ4n) is 4.32. The van der Waals surface area contributed by atoms with Crippen molar-refractivity contribution in [3.8, 4) is 28.3 Å². The molecule has 0 radical (unpaired) electrons. The summed E-state index contributed by atoms with van der Waals surface area (Å²) in [5, 5.41) is 9.07. The van der Waals surface area contributed by atoms with Gasteiger partial charge in [0.15, 0.2) is 11.6 Å². The molecule has 0 spiro atoms. The van der Waals surface area contributed by atoms with Gasteiger partial charge in [0.05, 0.1) is 41.8 Å². The molecule has 0 bridgehead atoms. The van der Waals surface area contributed by atoms with E-state index >= 15 is 0 Å². The van der Waals surface area contributed by atoms with Crippen LogP contribution in [0, 0.1) is 5.82 Å². The van der Waals surface area contributed by atoms with Gasteiger partial charge in [0.1, 0.15) is 23.9 Å². The maximum absolute atomic E-state index is 13.7. The number of nitrogens with zero attached hydrogens (tertiary/aromatic N) is 7. The Bertz CT molecular complexity index is 1760. The number of carbonyl (C=O) groups excluding carboxylic acids is 1. The summed E-state index contributed by atoms with van der Waals surface area (Å²) in [5.74, 6) is 0.0511. The summed E-state index contributed by atoms with van der Waals surface area (Å²) in [5.41, 5.74) is 10.5. The van der Waals surface area contributed by atoms with Crippen molar-refractivity contribution >= 4 is 35.2 Å². The summed E-state index contributed by atoms with van der Waals surface area (Å²) in [4.78, 5) is 44.0. The summed E-state index contributed by atoms with van der Waals surface area (Å²) in [7, 11) is 3.31. The predicted octanol–water partition coefficient (Wildman–Crippen LogP) is 3.97. The molecule has 3 heterocycles. The zero-order valence-corrected chi connectivity index (χ0v) is 22.8. The maximum atomic E-state index is 13.7. The molecule has 3 aromatic heterocycles. The van der Waals surface area contributed by atoms with Gasteiger partial charge in [0.25, 0.3) is 0 Å². The van der Waals surface area contributed by atoms with Crippen LogP contribution in [0.1, 0.15) is 5.69 Å². The lowest BCUT2D eigenvalue weighted by molar-refractivity contribution is -0.107. The number of anilines is 2. The number of hydrogen-bond donors (Lipinski definition) is 2. The Labute approximate surface area is 239 Å². The third kappa shape index (κ3) is 5.80. The molecule has 5 rings (SSSR count). The van der Waals surface area contributed by atoms with Gasteiger partial charge in [0.2, 0.25) is 6.41 Å². The zero-order valence-electron chi connectivity index (χ0n) is 22.8. The normalized spacial score (nSPS) is 10.9. The molecule has 0 fully saturated rings. The van der Waals surface area contributed by atoms with Gasteiger partial charge >= 0.3 is 6.09 Å². The van der Waals surface area contributed by atoms with Crippen molar-refractivity contribution in [1.82, 2.24) is 29.4 Å². The summed E-state index contributed by atoms with van der Waals surface area (Å²) in [6, 6.07) is 14.8. The highest BCUT2D eigenvalue weighted by Crippen LogP contribution is 2.35. The molecular weight excluding hydrogens is 543 g/mol. The number of nitrogen functional groups attached to an aromatic ring is 1. The number of nitrogens with two attached hydrogens (primary N) is 1. The summed E-state index contributed by atoms with van der Waals surface area (Å²) in [6.45, 7) is 0.162. The minimum Gasteiger partial charge on any atom is -0.490 e. The van der Waals surface area contributed by atoms with Crippen LogP contribution in [0.4, 0.5) is 20.8 Å². The van der Waals surface area contributed by atoms with E-state index in [2.05, 4.69) is 15.0 Å². The molecule has 12 nitrogen and oxygen atoms in total. The number of likely N-dealkylation sites (N-methyl/N-ethyl adjacent to an activating group) is 1. The van der Waals surface area contributed by atoms with Crippen LogP contribution >= 0.6 is 0 Å². The van der Waals surface area contributed by atoms with E-state index in [0.717, 1.165) is 15.9 Å². The van der Waals surface area contributed by atoms with Crippen LogP contribution in [0.15, 0.2) is 67.1 Å². The molecule has 0 saturated carbocycles. The fraction of sp³-hybridized carbons (Fsp3) is 0.172. The molecule has 0 saturated heterocycles. The van der Waals surface area contributed by atoms with Crippen LogP contribution in [0.5, 0.6) is 5.75 Å². The van der Waals surface area contributed by atoms with Crippen molar-refractivity contribution < 1.29 is 23.8 Å². The highest BCUT2D eigenvalue weighted by Gasteiger charge is 2.22. The lowest BCUT2D eigenvalue weighted by atomic mass is 10.0. The Morgan fingerprint density at radius 3 is 2.57 bits per heavy atom. The van der Waals surface area contributed by atoms with Crippen molar-refractivity contribution in [2.24, 2.45) is 7.05 Å². The maximum Gasteiger partial charge on any atom is 0.407 e. The van der Waals surface area contributed by atoms with Gasteiger partial charge in [-0.15, -0.1) is 0 Å². The molecule has 5 aromatic rings. The first-order valence-electron chi connectivity index (χ1n) is 12.8. The third-order valence-electron chi connectivity index (χ3n) is 6.60. The highest BCUT2D eigenvalue weighted by atomic mass is 19.1. The number of fused-ring (bicyclic) bond motifs is 1. The van der Waals surface area contributed by atoms with Crippen molar-refractivity contribution in [1.29, 1.82) is 0 Å². The van der Waals surface area contributed by atoms with Gasteiger partial charge in [-0.3, -0.25) is 14.7 Å². The highest BCUT2D eigenvalue weighted by molar-refractivity contribution is 5.89. The second-order valence-electron chi connectivity index (χ2n) is 9.43. The lowest BCUT2D eigenvalue weighted by Gasteiger charge is -2.21. The van der Waals surface area contributed by atoms with E-state index < -0.39 is 11.9 Å². The SMILES string of the molecule is CN(CCOc1cccnc1CN(C=O)c1nc(-c2ccc3ncn(C)c3c2)c(-c2ccc(F)cc2)nc1N)C(=O)O.